The van der Waals surface area contributed by atoms with Crippen LogP contribution in [0.4, 0.5) is 8.78 Å². The van der Waals surface area contributed by atoms with Gasteiger partial charge in [-0.05, 0) is 13.1 Å². The average Bonchev–Trinajstić information content (AvgIpc) is 2.47. The first-order valence-corrected chi connectivity index (χ1v) is 6.53. The van der Waals surface area contributed by atoms with Crippen molar-refractivity contribution in [3.63, 3.8) is 0 Å². The highest BCUT2D eigenvalue weighted by atomic mass is 19.1. The fourth-order valence-electron chi connectivity index (χ4n) is 2.07. The van der Waals surface area contributed by atoms with E-state index in [9.17, 15) is 8.78 Å². The third kappa shape index (κ3) is 3.92. The molecule has 0 aliphatic rings. The second kappa shape index (κ2) is 7.04. The van der Waals surface area contributed by atoms with E-state index in [0.29, 0.717) is 0 Å². The lowest BCUT2D eigenvalue weighted by Crippen LogP contribution is -2.23. The number of benzene rings is 2. The number of rotatable bonds is 6. The largest absolute Gasteiger partial charge is 0.496 e. The van der Waals surface area contributed by atoms with E-state index in [1.165, 1.54) is 0 Å². The Morgan fingerprint density at radius 3 is 2.38 bits per heavy atom. The molecule has 0 radical (unpaired) electrons. The number of para-hydroxylation sites is 1. The summed E-state index contributed by atoms with van der Waals surface area (Å²) in [4.78, 5) is 0. The van der Waals surface area contributed by atoms with Crippen LogP contribution in [-0.2, 0) is 0 Å². The van der Waals surface area contributed by atoms with E-state index in [0.717, 1.165) is 29.5 Å². The van der Waals surface area contributed by atoms with E-state index in [-0.39, 0.29) is 18.4 Å². The molecule has 1 atom stereocenters. The average molecular weight is 293 g/mol. The van der Waals surface area contributed by atoms with Gasteiger partial charge in [0.2, 0.25) is 0 Å². The molecule has 0 aromatic heterocycles. The Bertz CT molecular complexity index is 584. The van der Waals surface area contributed by atoms with E-state index in [1.807, 2.05) is 24.3 Å². The molecule has 1 unspecified atom stereocenters. The maximum atomic E-state index is 13.1. The third-order valence-corrected chi connectivity index (χ3v) is 3.12. The molecular formula is C16H17F2NO2. The Hall–Kier alpha value is -2.14. The predicted octanol–water partition coefficient (Wildman–Crippen LogP) is 3.31. The molecule has 2 rings (SSSR count). The van der Waals surface area contributed by atoms with Gasteiger partial charge in [-0.1, -0.05) is 18.2 Å². The number of likely N-dealkylation sites (N-methyl/N-ethyl adjacent to an activating group) is 1. The van der Waals surface area contributed by atoms with Crippen molar-refractivity contribution in [2.24, 2.45) is 0 Å². The van der Waals surface area contributed by atoms with Crippen LogP contribution in [0.15, 0.2) is 42.5 Å². The summed E-state index contributed by atoms with van der Waals surface area (Å²) >= 11 is 0. The molecule has 2 aromatic rings. The van der Waals surface area contributed by atoms with Crippen LogP contribution in [0.25, 0.3) is 0 Å². The lowest BCUT2D eigenvalue weighted by Gasteiger charge is -2.19. The Morgan fingerprint density at radius 1 is 1.10 bits per heavy atom. The molecule has 0 fully saturated rings. The highest BCUT2D eigenvalue weighted by Gasteiger charge is 2.15. The van der Waals surface area contributed by atoms with Crippen molar-refractivity contribution in [3.05, 3.63) is 59.7 Å². The van der Waals surface area contributed by atoms with Gasteiger partial charge in [-0.25, -0.2) is 8.78 Å². The maximum absolute atomic E-state index is 13.1. The van der Waals surface area contributed by atoms with Crippen LogP contribution in [0.2, 0.25) is 0 Å². The molecule has 5 heteroatoms. The fourth-order valence-corrected chi connectivity index (χ4v) is 2.07. The highest BCUT2D eigenvalue weighted by molar-refractivity contribution is 5.36. The standard InChI is InChI=1S/C16H17F2NO2/c1-19-15(14-5-3-4-6-16(14)20-2)10-21-13-8-11(17)7-12(18)9-13/h3-9,15,19H,10H2,1-2H3. The zero-order valence-electron chi connectivity index (χ0n) is 11.9. The summed E-state index contributed by atoms with van der Waals surface area (Å²) in [5.41, 5.74) is 0.916. The van der Waals surface area contributed by atoms with Gasteiger partial charge in [-0.2, -0.15) is 0 Å². The number of methoxy groups -OCH3 is 1. The van der Waals surface area contributed by atoms with E-state index in [1.54, 1.807) is 14.2 Å². The second-order valence-corrected chi connectivity index (χ2v) is 4.50. The van der Waals surface area contributed by atoms with Gasteiger partial charge in [0.25, 0.3) is 0 Å². The second-order valence-electron chi connectivity index (χ2n) is 4.50. The molecule has 0 spiro atoms. The molecule has 0 aliphatic carbocycles. The van der Waals surface area contributed by atoms with Gasteiger partial charge in [0.15, 0.2) is 0 Å². The number of nitrogens with one attached hydrogen (secondary N) is 1. The number of ether oxygens (including phenoxy) is 2. The SMILES string of the molecule is CNC(COc1cc(F)cc(F)c1)c1ccccc1OC. The zero-order chi connectivity index (χ0) is 15.2. The fraction of sp³-hybridized carbons (Fsp3) is 0.250. The lowest BCUT2D eigenvalue weighted by molar-refractivity contribution is 0.266. The van der Waals surface area contributed by atoms with E-state index < -0.39 is 11.6 Å². The van der Waals surface area contributed by atoms with E-state index >= 15 is 0 Å². The molecule has 0 saturated carbocycles. The summed E-state index contributed by atoms with van der Waals surface area (Å²) < 4.78 is 37.0. The van der Waals surface area contributed by atoms with E-state index in [4.69, 9.17) is 9.47 Å². The smallest absolute Gasteiger partial charge is 0.129 e. The summed E-state index contributed by atoms with van der Waals surface area (Å²) in [7, 11) is 3.38. The summed E-state index contributed by atoms with van der Waals surface area (Å²) in [6.07, 6.45) is 0. The first-order valence-electron chi connectivity index (χ1n) is 6.53. The first-order chi connectivity index (χ1) is 10.1. The molecule has 2 aromatic carbocycles. The Labute approximate surface area is 122 Å². The number of hydrogen-bond donors (Lipinski definition) is 1. The van der Waals surface area contributed by atoms with Crippen molar-refractivity contribution < 1.29 is 18.3 Å². The minimum atomic E-state index is -0.664. The molecule has 0 aliphatic heterocycles. The van der Waals surface area contributed by atoms with Crippen molar-refractivity contribution in [2.75, 3.05) is 20.8 Å². The quantitative estimate of drug-likeness (QED) is 0.886. The highest BCUT2D eigenvalue weighted by Crippen LogP contribution is 2.25. The van der Waals surface area contributed by atoms with Crippen LogP contribution in [0.1, 0.15) is 11.6 Å². The summed E-state index contributed by atoms with van der Waals surface area (Å²) in [5.74, 6) is -0.444. The van der Waals surface area contributed by atoms with Crippen LogP contribution in [0, 0.1) is 11.6 Å². The summed E-state index contributed by atoms with van der Waals surface area (Å²) in [6.45, 7) is 0.222. The van der Waals surface area contributed by atoms with Crippen LogP contribution >= 0.6 is 0 Å². The molecule has 112 valence electrons. The van der Waals surface area contributed by atoms with Gasteiger partial charge in [-0.15, -0.1) is 0 Å². The molecular weight excluding hydrogens is 276 g/mol. The Morgan fingerprint density at radius 2 is 1.76 bits per heavy atom. The van der Waals surface area contributed by atoms with Crippen LogP contribution in [-0.4, -0.2) is 20.8 Å². The van der Waals surface area contributed by atoms with Gasteiger partial charge in [0, 0.05) is 23.8 Å². The molecule has 0 bridgehead atoms. The van der Waals surface area contributed by atoms with Crippen molar-refractivity contribution >= 4 is 0 Å². The topological polar surface area (TPSA) is 30.5 Å². The van der Waals surface area contributed by atoms with Gasteiger partial charge in [-0.3, -0.25) is 0 Å². The molecule has 1 N–H and O–H groups in total. The molecule has 3 nitrogen and oxygen atoms in total. The lowest BCUT2D eigenvalue weighted by atomic mass is 10.1. The van der Waals surface area contributed by atoms with Crippen molar-refractivity contribution in [2.45, 2.75) is 6.04 Å². The van der Waals surface area contributed by atoms with Gasteiger partial charge < -0.3 is 14.8 Å². The monoisotopic (exact) mass is 293 g/mol. The maximum Gasteiger partial charge on any atom is 0.129 e. The van der Waals surface area contributed by atoms with Crippen LogP contribution in [0.5, 0.6) is 11.5 Å². The summed E-state index contributed by atoms with van der Waals surface area (Å²) in [5, 5.41) is 3.10. The van der Waals surface area contributed by atoms with Crippen molar-refractivity contribution in [3.8, 4) is 11.5 Å². The molecule has 0 amide bonds. The zero-order valence-corrected chi connectivity index (χ0v) is 11.9. The van der Waals surface area contributed by atoms with Crippen molar-refractivity contribution in [1.82, 2.24) is 5.32 Å². The third-order valence-electron chi connectivity index (χ3n) is 3.12. The summed E-state index contributed by atoms with van der Waals surface area (Å²) in [6, 6.07) is 10.5. The normalized spacial score (nSPS) is 12.0. The van der Waals surface area contributed by atoms with Crippen molar-refractivity contribution in [1.29, 1.82) is 0 Å². The first kappa shape index (κ1) is 15.3. The predicted molar refractivity (Wildman–Crippen MR) is 76.6 cm³/mol. The van der Waals surface area contributed by atoms with Gasteiger partial charge in [0.05, 0.1) is 13.2 Å². The van der Waals surface area contributed by atoms with Gasteiger partial charge >= 0.3 is 0 Å². The Balaban J connectivity index is 2.12. The Kier molecular flexibility index (Phi) is 5.11. The molecule has 0 saturated heterocycles. The van der Waals surface area contributed by atoms with E-state index in [2.05, 4.69) is 5.32 Å². The minimum absolute atomic E-state index is 0.155. The van der Waals surface area contributed by atoms with Crippen LogP contribution < -0.4 is 14.8 Å². The van der Waals surface area contributed by atoms with Gasteiger partial charge in [0.1, 0.15) is 29.7 Å². The number of hydrogen-bond acceptors (Lipinski definition) is 3. The van der Waals surface area contributed by atoms with Crippen LogP contribution in [0.3, 0.4) is 0 Å². The molecule has 0 heterocycles. The number of halogens is 2. The minimum Gasteiger partial charge on any atom is -0.496 e. The molecule has 21 heavy (non-hydrogen) atoms.